The molecule has 1 N–H and O–H groups in total. The summed E-state index contributed by atoms with van der Waals surface area (Å²) in [6.45, 7) is 0.0195. The first-order chi connectivity index (χ1) is 10.6. The molecule has 0 aliphatic carbocycles. The molecule has 2 aromatic rings. The van der Waals surface area contributed by atoms with E-state index in [0.717, 1.165) is 11.0 Å². The maximum absolute atomic E-state index is 11.8. The number of urea groups is 1. The van der Waals surface area contributed by atoms with Crippen molar-refractivity contribution in [2.45, 2.75) is 13.0 Å². The predicted octanol–water partition coefficient (Wildman–Crippen LogP) is 1.42. The first kappa shape index (κ1) is 14.1. The molecule has 0 unspecified atom stereocenters. The number of hydrogen-bond acceptors (Lipinski definition) is 5. The van der Waals surface area contributed by atoms with E-state index in [1.54, 1.807) is 6.07 Å². The van der Waals surface area contributed by atoms with Crippen LogP contribution in [0.1, 0.15) is 12.2 Å². The molecule has 3 amide bonds. The molecule has 1 aliphatic rings. The van der Waals surface area contributed by atoms with Gasteiger partial charge in [-0.25, -0.2) is 4.79 Å². The molecule has 0 atom stereocenters. The molecule has 1 aromatic heterocycles. The largest absolute Gasteiger partial charge is 0.457 e. The Bertz CT molecular complexity index is 703. The summed E-state index contributed by atoms with van der Waals surface area (Å²) in [5.41, 5.74) is 0.725. The molecule has 7 heteroatoms. The fraction of sp³-hybridized carbons (Fsp3) is 0.267. The van der Waals surface area contributed by atoms with Crippen LogP contribution in [0, 0.1) is 0 Å². The first-order valence-corrected chi connectivity index (χ1v) is 6.83. The van der Waals surface area contributed by atoms with Gasteiger partial charge in [0.15, 0.2) is 0 Å². The van der Waals surface area contributed by atoms with Crippen molar-refractivity contribution in [3.05, 3.63) is 36.1 Å². The molecule has 1 fully saturated rings. The van der Waals surface area contributed by atoms with Crippen LogP contribution in [0.3, 0.4) is 0 Å². The van der Waals surface area contributed by atoms with E-state index in [0.29, 0.717) is 5.76 Å². The lowest BCUT2D eigenvalue weighted by molar-refractivity contribution is -0.146. The Labute approximate surface area is 125 Å². The van der Waals surface area contributed by atoms with Crippen LogP contribution in [0.5, 0.6) is 0 Å². The van der Waals surface area contributed by atoms with Crippen molar-refractivity contribution in [1.82, 2.24) is 10.2 Å². The van der Waals surface area contributed by atoms with Crippen LogP contribution in [0.15, 0.2) is 34.7 Å². The molecule has 1 saturated heterocycles. The number of carbonyl (C=O) groups excluding carboxylic acids is 3. The summed E-state index contributed by atoms with van der Waals surface area (Å²) in [6.07, 6.45) is 0.183. The lowest BCUT2D eigenvalue weighted by atomic mass is 10.2. The smallest absolute Gasteiger partial charge is 0.326 e. The summed E-state index contributed by atoms with van der Waals surface area (Å²) in [5, 5.41) is 3.08. The number of esters is 1. The number of para-hydroxylation sites is 1. The fourth-order valence-electron chi connectivity index (χ4n) is 2.21. The molecule has 0 saturated carbocycles. The summed E-state index contributed by atoms with van der Waals surface area (Å²) in [5.74, 6) is -0.352. The quantitative estimate of drug-likeness (QED) is 0.863. The maximum Gasteiger partial charge on any atom is 0.326 e. The van der Waals surface area contributed by atoms with Crippen LogP contribution in [0.4, 0.5) is 4.79 Å². The third-order valence-corrected chi connectivity index (χ3v) is 3.31. The molecule has 0 radical (unpaired) electrons. The van der Waals surface area contributed by atoms with Crippen LogP contribution in [-0.2, 0) is 20.9 Å². The topological polar surface area (TPSA) is 88.8 Å². The number of carbonyl (C=O) groups is 3. The van der Waals surface area contributed by atoms with Gasteiger partial charge in [0.25, 0.3) is 0 Å². The summed E-state index contributed by atoms with van der Waals surface area (Å²) in [6, 6.07) is 8.71. The first-order valence-electron chi connectivity index (χ1n) is 6.83. The maximum atomic E-state index is 11.8. The molecule has 22 heavy (non-hydrogen) atoms. The lowest BCUT2D eigenvalue weighted by Gasteiger charge is -2.25. The molecule has 1 aliphatic heterocycles. The number of hydrogen-bond donors (Lipinski definition) is 1. The summed E-state index contributed by atoms with van der Waals surface area (Å²) in [4.78, 5) is 35.5. The second-order valence-corrected chi connectivity index (χ2v) is 4.94. The van der Waals surface area contributed by atoms with Gasteiger partial charge < -0.3 is 14.1 Å². The van der Waals surface area contributed by atoms with E-state index < -0.39 is 12.0 Å². The van der Waals surface area contributed by atoms with Crippen LogP contribution in [0.25, 0.3) is 11.0 Å². The Balaban J connectivity index is 1.53. The second kappa shape index (κ2) is 5.88. The van der Waals surface area contributed by atoms with Crippen molar-refractivity contribution < 1.29 is 23.5 Å². The number of amides is 3. The lowest BCUT2D eigenvalue weighted by Crippen LogP contribution is -2.51. The van der Waals surface area contributed by atoms with E-state index in [9.17, 15) is 14.4 Å². The number of benzene rings is 1. The normalized spacial score (nSPS) is 15.0. The summed E-state index contributed by atoms with van der Waals surface area (Å²) in [7, 11) is 0. The van der Waals surface area contributed by atoms with Crippen LogP contribution >= 0.6 is 0 Å². The molecular weight excluding hydrogens is 288 g/mol. The zero-order chi connectivity index (χ0) is 15.5. The van der Waals surface area contributed by atoms with Crippen molar-refractivity contribution in [1.29, 1.82) is 0 Å². The van der Waals surface area contributed by atoms with Gasteiger partial charge in [0.1, 0.15) is 24.5 Å². The predicted molar refractivity (Wildman–Crippen MR) is 75.7 cm³/mol. The number of nitrogens with zero attached hydrogens (tertiary/aromatic N) is 1. The molecule has 3 rings (SSSR count). The Kier molecular flexibility index (Phi) is 3.78. The molecule has 0 bridgehead atoms. The van der Waals surface area contributed by atoms with Gasteiger partial charge in [-0.3, -0.25) is 14.9 Å². The SMILES string of the molecule is O=C1CCN(CC(=O)OCc2cc3ccccc3o2)C(=O)N1. The number of nitrogens with one attached hydrogen (secondary N) is 1. The third-order valence-electron chi connectivity index (χ3n) is 3.31. The number of ether oxygens (including phenoxy) is 1. The monoisotopic (exact) mass is 302 g/mol. The van der Waals surface area contributed by atoms with Gasteiger partial charge in [-0.15, -0.1) is 0 Å². The Morgan fingerprint density at radius 2 is 2.14 bits per heavy atom. The molecule has 1 aromatic carbocycles. The van der Waals surface area contributed by atoms with Crippen LogP contribution < -0.4 is 5.32 Å². The number of imide groups is 1. The van der Waals surface area contributed by atoms with E-state index in [2.05, 4.69) is 5.32 Å². The highest BCUT2D eigenvalue weighted by Gasteiger charge is 2.25. The van der Waals surface area contributed by atoms with Crippen LogP contribution in [-0.4, -0.2) is 35.9 Å². The van der Waals surface area contributed by atoms with Gasteiger partial charge in [0, 0.05) is 18.4 Å². The molecule has 2 heterocycles. The molecule has 0 spiro atoms. The Morgan fingerprint density at radius 3 is 2.91 bits per heavy atom. The highest BCUT2D eigenvalue weighted by atomic mass is 16.5. The average molecular weight is 302 g/mol. The minimum atomic E-state index is -0.572. The molecule has 114 valence electrons. The van der Waals surface area contributed by atoms with Gasteiger partial charge in [0.2, 0.25) is 5.91 Å². The van der Waals surface area contributed by atoms with E-state index >= 15 is 0 Å². The summed E-state index contributed by atoms with van der Waals surface area (Å²) < 4.78 is 10.6. The standard InChI is InChI=1S/C15H14N2O5/c18-13-5-6-17(15(20)16-13)8-14(19)21-9-11-7-10-3-1-2-4-12(10)22-11/h1-4,7H,5-6,8-9H2,(H,16,18,20). The highest BCUT2D eigenvalue weighted by molar-refractivity contribution is 5.97. The third kappa shape index (κ3) is 3.08. The number of furan rings is 1. The zero-order valence-corrected chi connectivity index (χ0v) is 11.7. The number of fused-ring (bicyclic) bond motifs is 1. The van der Waals surface area contributed by atoms with Gasteiger partial charge in [-0.1, -0.05) is 18.2 Å². The van der Waals surface area contributed by atoms with Crippen molar-refractivity contribution >= 4 is 28.9 Å². The van der Waals surface area contributed by atoms with Gasteiger partial charge in [-0.2, -0.15) is 0 Å². The minimum Gasteiger partial charge on any atom is -0.457 e. The van der Waals surface area contributed by atoms with E-state index in [1.807, 2.05) is 24.3 Å². The Morgan fingerprint density at radius 1 is 1.32 bits per heavy atom. The summed E-state index contributed by atoms with van der Waals surface area (Å²) >= 11 is 0. The fourth-order valence-corrected chi connectivity index (χ4v) is 2.21. The van der Waals surface area contributed by atoms with Gasteiger partial charge >= 0.3 is 12.0 Å². The van der Waals surface area contributed by atoms with E-state index in [4.69, 9.17) is 9.15 Å². The molecular formula is C15H14N2O5. The molecule has 7 nitrogen and oxygen atoms in total. The number of rotatable bonds is 4. The van der Waals surface area contributed by atoms with E-state index in [-0.39, 0.29) is 32.0 Å². The van der Waals surface area contributed by atoms with Crippen molar-refractivity contribution in [2.75, 3.05) is 13.1 Å². The van der Waals surface area contributed by atoms with Gasteiger partial charge in [-0.05, 0) is 12.1 Å². The Hall–Kier alpha value is -2.83. The van der Waals surface area contributed by atoms with Crippen molar-refractivity contribution in [3.63, 3.8) is 0 Å². The zero-order valence-electron chi connectivity index (χ0n) is 11.7. The highest BCUT2D eigenvalue weighted by Crippen LogP contribution is 2.19. The van der Waals surface area contributed by atoms with Crippen LogP contribution in [0.2, 0.25) is 0 Å². The van der Waals surface area contributed by atoms with E-state index in [1.165, 1.54) is 4.90 Å². The van der Waals surface area contributed by atoms with Crippen molar-refractivity contribution in [3.8, 4) is 0 Å². The minimum absolute atomic E-state index is 0.00189. The van der Waals surface area contributed by atoms with Gasteiger partial charge in [0.05, 0.1) is 0 Å². The van der Waals surface area contributed by atoms with Crippen molar-refractivity contribution in [2.24, 2.45) is 0 Å². The second-order valence-electron chi connectivity index (χ2n) is 4.94. The average Bonchev–Trinajstić information content (AvgIpc) is 2.91.